The van der Waals surface area contributed by atoms with E-state index < -0.39 is 6.10 Å². The van der Waals surface area contributed by atoms with E-state index in [4.69, 9.17) is 9.47 Å². The lowest BCUT2D eigenvalue weighted by Crippen LogP contribution is -2.51. The summed E-state index contributed by atoms with van der Waals surface area (Å²) in [6, 6.07) is 14.6. The molecule has 1 atom stereocenters. The third-order valence-corrected chi connectivity index (χ3v) is 6.01. The van der Waals surface area contributed by atoms with Crippen molar-refractivity contribution in [1.29, 1.82) is 0 Å². The minimum Gasteiger partial charge on any atom is -0.496 e. The summed E-state index contributed by atoms with van der Waals surface area (Å²) in [6.07, 6.45) is 1.24. The summed E-state index contributed by atoms with van der Waals surface area (Å²) in [5.74, 6) is 0.510. The minimum absolute atomic E-state index is 0.00393. The van der Waals surface area contributed by atoms with E-state index in [0.29, 0.717) is 51.0 Å². The normalized spacial score (nSPS) is 16.7. The Labute approximate surface area is 200 Å². The smallest absolute Gasteiger partial charge is 0.253 e. The quantitative estimate of drug-likeness (QED) is 0.497. The highest BCUT2D eigenvalue weighted by Crippen LogP contribution is 2.23. The monoisotopic (exact) mass is 465 g/mol. The zero-order valence-electron chi connectivity index (χ0n) is 20.0. The Morgan fingerprint density at radius 3 is 2.91 bits per heavy atom. The molecule has 0 unspecified atom stereocenters. The van der Waals surface area contributed by atoms with E-state index in [1.54, 1.807) is 12.3 Å². The molecule has 1 aliphatic rings. The standard InChI is InChI=1S/C27H32FN3O3/c1-19(2)15-31(16-20-6-9-24-21(13-20)5-4-10-29-24)27(32)26-18-30(11-12-34-26)17-22-7-8-23(28)14-25(22)33-3/h4-10,13-14,19,26H,11-12,15-18H2,1-3H3/t26-/m1/s1. The van der Waals surface area contributed by atoms with Crippen molar-refractivity contribution in [3.8, 4) is 5.75 Å². The molecule has 0 saturated carbocycles. The molecule has 1 fully saturated rings. The number of carbonyl (C=O) groups excluding carboxylic acids is 1. The van der Waals surface area contributed by atoms with Crippen molar-refractivity contribution in [3.05, 3.63) is 71.7 Å². The maximum atomic E-state index is 13.6. The summed E-state index contributed by atoms with van der Waals surface area (Å²) in [6.45, 7) is 7.61. The Bertz CT molecular complexity index is 1140. The van der Waals surface area contributed by atoms with Gasteiger partial charge in [-0.3, -0.25) is 14.7 Å². The van der Waals surface area contributed by atoms with Crippen LogP contribution >= 0.6 is 0 Å². The van der Waals surface area contributed by atoms with Gasteiger partial charge in [0.05, 0.1) is 19.2 Å². The first kappa shape index (κ1) is 24.1. The summed E-state index contributed by atoms with van der Waals surface area (Å²) in [7, 11) is 1.54. The number of pyridine rings is 1. The second kappa shape index (κ2) is 10.9. The van der Waals surface area contributed by atoms with Crippen molar-refractivity contribution in [1.82, 2.24) is 14.8 Å². The average molecular weight is 466 g/mol. The number of amides is 1. The molecule has 7 heteroatoms. The molecular formula is C27H32FN3O3. The molecule has 0 spiro atoms. The maximum absolute atomic E-state index is 13.6. The van der Waals surface area contributed by atoms with Gasteiger partial charge in [-0.2, -0.15) is 0 Å². The van der Waals surface area contributed by atoms with Gasteiger partial charge >= 0.3 is 0 Å². The number of ether oxygens (including phenoxy) is 2. The molecule has 0 N–H and O–H groups in total. The molecule has 0 bridgehead atoms. The van der Waals surface area contributed by atoms with Crippen molar-refractivity contribution < 1.29 is 18.7 Å². The zero-order chi connectivity index (χ0) is 24.1. The first-order valence-electron chi connectivity index (χ1n) is 11.7. The van der Waals surface area contributed by atoms with Crippen molar-refractivity contribution in [3.63, 3.8) is 0 Å². The van der Waals surface area contributed by atoms with Crippen LogP contribution in [0.2, 0.25) is 0 Å². The molecule has 1 aromatic heterocycles. The van der Waals surface area contributed by atoms with Crippen LogP contribution < -0.4 is 4.74 Å². The van der Waals surface area contributed by atoms with Gasteiger partial charge in [0.25, 0.3) is 5.91 Å². The Morgan fingerprint density at radius 1 is 1.26 bits per heavy atom. The highest BCUT2D eigenvalue weighted by molar-refractivity contribution is 5.82. The van der Waals surface area contributed by atoms with Crippen molar-refractivity contribution in [2.45, 2.75) is 33.0 Å². The van der Waals surface area contributed by atoms with E-state index in [1.165, 1.54) is 19.2 Å². The topological polar surface area (TPSA) is 54.9 Å². The number of benzene rings is 2. The first-order chi connectivity index (χ1) is 16.4. The molecule has 1 amide bonds. The van der Waals surface area contributed by atoms with Gasteiger partial charge in [-0.15, -0.1) is 0 Å². The molecule has 3 aromatic rings. The van der Waals surface area contributed by atoms with Crippen LogP contribution in [0.4, 0.5) is 4.39 Å². The van der Waals surface area contributed by atoms with Gasteiger partial charge in [0.2, 0.25) is 0 Å². The molecular weight excluding hydrogens is 433 g/mol. The number of fused-ring (bicyclic) bond motifs is 1. The predicted octanol–water partition coefficient (Wildman–Crippen LogP) is 4.27. The molecule has 180 valence electrons. The molecule has 1 aliphatic heterocycles. The van der Waals surface area contributed by atoms with Crippen molar-refractivity contribution in [2.24, 2.45) is 5.92 Å². The van der Waals surface area contributed by atoms with E-state index in [9.17, 15) is 9.18 Å². The Balaban J connectivity index is 1.47. The number of halogens is 1. The summed E-state index contributed by atoms with van der Waals surface area (Å²) >= 11 is 0. The van der Waals surface area contributed by atoms with Crippen molar-refractivity contribution in [2.75, 3.05) is 33.4 Å². The molecule has 2 heterocycles. The SMILES string of the molecule is COc1cc(F)ccc1CN1CCO[C@@H](C(=O)N(Cc2ccc3ncccc3c2)CC(C)C)C1. The van der Waals surface area contributed by atoms with E-state index >= 15 is 0 Å². The Kier molecular flexibility index (Phi) is 7.75. The van der Waals surface area contributed by atoms with Crippen LogP contribution in [-0.4, -0.2) is 60.1 Å². The van der Waals surface area contributed by atoms with Gasteiger partial charge in [-0.1, -0.05) is 32.0 Å². The largest absolute Gasteiger partial charge is 0.496 e. The number of hydrogen-bond donors (Lipinski definition) is 0. The minimum atomic E-state index is -0.541. The Morgan fingerprint density at radius 2 is 2.12 bits per heavy atom. The van der Waals surface area contributed by atoms with E-state index in [2.05, 4.69) is 29.8 Å². The fourth-order valence-electron chi connectivity index (χ4n) is 4.41. The number of methoxy groups -OCH3 is 1. The highest BCUT2D eigenvalue weighted by atomic mass is 19.1. The fraction of sp³-hybridized carbons (Fsp3) is 0.407. The Hall–Kier alpha value is -3.03. The van der Waals surface area contributed by atoms with Crippen LogP contribution in [0, 0.1) is 11.7 Å². The van der Waals surface area contributed by atoms with Gasteiger partial charge in [0.15, 0.2) is 0 Å². The third kappa shape index (κ3) is 5.90. The lowest BCUT2D eigenvalue weighted by molar-refractivity contribution is -0.151. The number of carbonyl (C=O) groups is 1. The molecule has 1 saturated heterocycles. The van der Waals surface area contributed by atoms with E-state index in [1.807, 2.05) is 29.2 Å². The molecule has 0 radical (unpaired) electrons. The van der Waals surface area contributed by atoms with Crippen LogP contribution in [0.3, 0.4) is 0 Å². The number of hydrogen-bond acceptors (Lipinski definition) is 5. The van der Waals surface area contributed by atoms with Gasteiger partial charge < -0.3 is 14.4 Å². The highest BCUT2D eigenvalue weighted by Gasteiger charge is 2.31. The molecule has 4 rings (SSSR count). The number of nitrogens with zero attached hydrogens (tertiary/aromatic N) is 3. The predicted molar refractivity (Wildman–Crippen MR) is 130 cm³/mol. The van der Waals surface area contributed by atoms with Crippen LogP contribution in [0.25, 0.3) is 10.9 Å². The van der Waals surface area contributed by atoms with Crippen LogP contribution in [0.15, 0.2) is 54.7 Å². The van der Waals surface area contributed by atoms with Gasteiger partial charge in [0.1, 0.15) is 17.7 Å². The summed E-state index contributed by atoms with van der Waals surface area (Å²) in [5, 5.41) is 1.06. The number of aromatic nitrogens is 1. The lowest BCUT2D eigenvalue weighted by Gasteiger charge is -2.35. The van der Waals surface area contributed by atoms with E-state index in [-0.39, 0.29) is 11.7 Å². The molecule has 2 aromatic carbocycles. The second-order valence-corrected chi connectivity index (χ2v) is 9.19. The molecule has 6 nitrogen and oxygen atoms in total. The zero-order valence-corrected chi connectivity index (χ0v) is 20.0. The second-order valence-electron chi connectivity index (χ2n) is 9.19. The summed E-state index contributed by atoms with van der Waals surface area (Å²) in [5.41, 5.74) is 2.90. The van der Waals surface area contributed by atoms with Gasteiger partial charge in [0, 0.05) is 55.9 Å². The van der Waals surface area contributed by atoms with Crippen molar-refractivity contribution >= 4 is 16.8 Å². The van der Waals surface area contributed by atoms with Gasteiger partial charge in [-0.25, -0.2) is 4.39 Å². The maximum Gasteiger partial charge on any atom is 0.253 e. The van der Waals surface area contributed by atoms with Crippen LogP contribution in [0.1, 0.15) is 25.0 Å². The fourth-order valence-corrected chi connectivity index (χ4v) is 4.41. The third-order valence-electron chi connectivity index (χ3n) is 6.01. The van der Waals surface area contributed by atoms with Crippen LogP contribution in [0.5, 0.6) is 5.75 Å². The number of morpholine rings is 1. The van der Waals surface area contributed by atoms with Gasteiger partial charge in [-0.05, 0) is 35.7 Å². The first-order valence-corrected chi connectivity index (χ1v) is 11.7. The summed E-state index contributed by atoms with van der Waals surface area (Å²) < 4.78 is 24.8. The average Bonchev–Trinajstić information content (AvgIpc) is 2.84. The lowest BCUT2D eigenvalue weighted by atomic mass is 10.1. The summed E-state index contributed by atoms with van der Waals surface area (Å²) in [4.78, 5) is 22.0. The van der Waals surface area contributed by atoms with E-state index in [0.717, 1.165) is 22.0 Å². The molecule has 34 heavy (non-hydrogen) atoms. The van der Waals surface area contributed by atoms with Crippen LogP contribution in [-0.2, 0) is 22.6 Å². The molecule has 0 aliphatic carbocycles. The number of rotatable bonds is 8.